The molecule has 1 unspecified atom stereocenters. The monoisotopic (exact) mass is 645 g/mol. The van der Waals surface area contributed by atoms with Crippen LogP contribution in [0, 0.1) is 11.3 Å². The molecule has 0 bridgehead atoms. The highest BCUT2D eigenvalue weighted by molar-refractivity contribution is 5.95. The van der Waals surface area contributed by atoms with Gasteiger partial charge in [-0.25, -0.2) is 14.8 Å². The van der Waals surface area contributed by atoms with Crippen LogP contribution in [0.5, 0.6) is 11.5 Å². The fourth-order valence-corrected chi connectivity index (χ4v) is 5.57. The van der Waals surface area contributed by atoms with Gasteiger partial charge < -0.3 is 23.9 Å². The van der Waals surface area contributed by atoms with E-state index < -0.39 is 12.2 Å². The van der Waals surface area contributed by atoms with Crippen molar-refractivity contribution < 1.29 is 28.2 Å². The highest BCUT2D eigenvalue weighted by Gasteiger charge is 2.33. The summed E-state index contributed by atoms with van der Waals surface area (Å²) in [4.78, 5) is 36.3. The number of amides is 2. The summed E-state index contributed by atoms with van der Waals surface area (Å²) < 4.78 is 23.2. The molecular weight excluding hydrogens is 610 g/mol. The van der Waals surface area contributed by atoms with E-state index in [1.165, 1.54) is 4.90 Å². The number of ether oxygens (including phenoxy) is 3. The lowest BCUT2D eigenvalue weighted by molar-refractivity contribution is 0.0916. The molecule has 3 heterocycles. The van der Waals surface area contributed by atoms with Crippen LogP contribution in [-0.4, -0.2) is 54.4 Å². The molecule has 2 aromatic heterocycles. The first-order valence-electron chi connectivity index (χ1n) is 15.7. The Hall–Kier alpha value is -5.89. The number of methoxy groups -OCH3 is 1. The van der Waals surface area contributed by atoms with Crippen LogP contribution in [0.3, 0.4) is 0 Å². The molecule has 244 valence electrons. The Kier molecular flexibility index (Phi) is 8.99. The number of pyridine rings is 1. The molecule has 1 aliphatic heterocycles. The fraction of sp³-hybridized carbons (Fsp3) is 0.270. The maximum atomic E-state index is 13.0. The quantitative estimate of drug-likeness (QED) is 0.168. The summed E-state index contributed by atoms with van der Waals surface area (Å²) in [5.41, 5.74) is 5.38. The van der Waals surface area contributed by atoms with Crippen LogP contribution < -0.4 is 19.7 Å². The molecule has 1 aliphatic rings. The maximum Gasteiger partial charge on any atom is 0.416 e. The Morgan fingerprint density at radius 1 is 1.06 bits per heavy atom. The second-order valence-corrected chi connectivity index (χ2v) is 12.0. The number of rotatable bonds is 10. The van der Waals surface area contributed by atoms with Gasteiger partial charge in [0, 0.05) is 28.5 Å². The van der Waals surface area contributed by atoms with E-state index in [2.05, 4.69) is 21.4 Å². The number of nitrogens with one attached hydrogen (secondary N) is 1. The van der Waals surface area contributed by atoms with E-state index in [0.717, 1.165) is 16.7 Å². The molecule has 0 aliphatic carbocycles. The molecule has 11 heteroatoms. The first-order chi connectivity index (χ1) is 23.1. The van der Waals surface area contributed by atoms with Gasteiger partial charge in [0.25, 0.3) is 5.91 Å². The second-order valence-electron chi connectivity index (χ2n) is 12.0. The predicted molar refractivity (Wildman–Crippen MR) is 180 cm³/mol. The Morgan fingerprint density at radius 2 is 1.81 bits per heavy atom. The van der Waals surface area contributed by atoms with E-state index in [1.54, 1.807) is 49.7 Å². The van der Waals surface area contributed by atoms with Crippen LogP contribution in [0.25, 0.3) is 33.7 Å². The number of carbonyl (C=O) groups excluding carboxylic acids is 2. The Labute approximate surface area is 278 Å². The van der Waals surface area contributed by atoms with Crippen molar-refractivity contribution in [3.63, 3.8) is 0 Å². The fourth-order valence-electron chi connectivity index (χ4n) is 5.57. The number of aromatic nitrogens is 2. The van der Waals surface area contributed by atoms with Crippen LogP contribution >= 0.6 is 0 Å². The highest BCUT2D eigenvalue weighted by atomic mass is 16.6. The number of oxazole rings is 1. The molecule has 1 N–H and O–H groups in total. The minimum absolute atomic E-state index is 0.0297. The van der Waals surface area contributed by atoms with E-state index in [1.807, 2.05) is 58.0 Å². The van der Waals surface area contributed by atoms with Gasteiger partial charge in [-0.05, 0) is 80.4 Å². The summed E-state index contributed by atoms with van der Waals surface area (Å²) >= 11 is 0. The lowest BCUT2D eigenvalue weighted by Crippen LogP contribution is -2.34. The van der Waals surface area contributed by atoms with Gasteiger partial charge in [0.1, 0.15) is 28.9 Å². The van der Waals surface area contributed by atoms with E-state index in [-0.39, 0.29) is 31.0 Å². The summed E-state index contributed by atoms with van der Waals surface area (Å²) in [7, 11) is 1.60. The summed E-state index contributed by atoms with van der Waals surface area (Å²) in [6, 6.07) is 21.8. The number of cyclic esters (lactones) is 1. The topological polar surface area (TPSA) is 140 Å². The smallest absolute Gasteiger partial charge is 0.416 e. The summed E-state index contributed by atoms with van der Waals surface area (Å²) in [5.74, 6) is 1.99. The van der Waals surface area contributed by atoms with Crippen molar-refractivity contribution in [3.8, 4) is 40.1 Å². The second kappa shape index (κ2) is 13.5. The minimum atomic E-state index is -0.560. The van der Waals surface area contributed by atoms with Crippen molar-refractivity contribution >= 4 is 28.9 Å². The third-order valence-corrected chi connectivity index (χ3v) is 7.91. The highest BCUT2D eigenvalue weighted by Crippen LogP contribution is 2.39. The molecule has 11 nitrogen and oxygen atoms in total. The SMILES string of the molecule is COc1cccc(OC(C)C)c1-c1ccc(N2CC(CNC(=O)c3ccc(-c4nc5cc(C#N)cc(C(C)C)c5o4)cc3)OC2=O)nc1. The minimum Gasteiger partial charge on any atom is -0.496 e. The van der Waals surface area contributed by atoms with E-state index >= 15 is 0 Å². The van der Waals surface area contributed by atoms with E-state index in [4.69, 9.17) is 18.6 Å². The molecule has 48 heavy (non-hydrogen) atoms. The molecule has 0 radical (unpaired) electrons. The third-order valence-electron chi connectivity index (χ3n) is 7.91. The Morgan fingerprint density at radius 3 is 2.48 bits per heavy atom. The summed E-state index contributed by atoms with van der Waals surface area (Å²) in [5, 5.41) is 12.3. The first-order valence-corrected chi connectivity index (χ1v) is 15.7. The van der Waals surface area contributed by atoms with Gasteiger partial charge in [-0.1, -0.05) is 19.9 Å². The van der Waals surface area contributed by atoms with Gasteiger partial charge in [0.05, 0.1) is 43.5 Å². The molecule has 2 amide bonds. The lowest BCUT2D eigenvalue weighted by atomic mass is 10.00. The molecular formula is C37H35N5O6. The van der Waals surface area contributed by atoms with Gasteiger partial charge in [0.15, 0.2) is 5.58 Å². The van der Waals surface area contributed by atoms with Gasteiger partial charge in [-0.15, -0.1) is 0 Å². The van der Waals surface area contributed by atoms with Crippen molar-refractivity contribution in [1.29, 1.82) is 5.26 Å². The number of carbonyl (C=O) groups is 2. The Bertz CT molecular complexity index is 2010. The molecule has 5 aromatic rings. The number of nitriles is 1. The van der Waals surface area contributed by atoms with E-state index in [9.17, 15) is 14.9 Å². The summed E-state index contributed by atoms with van der Waals surface area (Å²) in [6.07, 6.45) is 0.537. The van der Waals surface area contributed by atoms with Gasteiger partial charge in [0.2, 0.25) is 5.89 Å². The number of hydrogen-bond donors (Lipinski definition) is 1. The molecule has 0 spiro atoms. The van der Waals surface area contributed by atoms with Crippen LogP contribution in [0.15, 0.2) is 77.3 Å². The van der Waals surface area contributed by atoms with Crippen LogP contribution in [0.4, 0.5) is 10.6 Å². The zero-order valence-corrected chi connectivity index (χ0v) is 27.3. The average Bonchev–Trinajstić information content (AvgIpc) is 3.69. The lowest BCUT2D eigenvalue weighted by Gasteiger charge is -2.18. The molecule has 1 saturated heterocycles. The van der Waals surface area contributed by atoms with Crippen molar-refractivity contribution in [2.75, 3.05) is 25.1 Å². The molecule has 1 fully saturated rings. The van der Waals surface area contributed by atoms with Gasteiger partial charge in [-0.2, -0.15) is 5.26 Å². The normalized spacial score (nSPS) is 14.3. The zero-order valence-electron chi connectivity index (χ0n) is 27.3. The van der Waals surface area contributed by atoms with Crippen LogP contribution in [0.1, 0.15) is 55.1 Å². The predicted octanol–water partition coefficient (Wildman–Crippen LogP) is 7.10. The van der Waals surface area contributed by atoms with Crippen molar-refractivity contribution in [3.05, 3.63) is 89.6 Å². The molecule has 1 atom stereocenters. The van der Waals surface area contributed by atoms with Gasteiger partial charge in [-0.3, -0.25) is 9.69 Å². The van der Waals surface area contributed by atoms with Gasteiger partial charge >= 0.3 is 6.09 Å². The zero-order chi connectivity index (χ0) is 33.9. The third kappa shape index (κ3) is 6.51. The summed E-state index contributed by atoms with van der Waals surface area (Å²) in [6.45, 7) is 8.33. The number of benzene rings is 3. The maximum absolute atomic E-state index is 13.0. The standard InChI is InChI=1S/C37H35N5O6/c1-21(2)28-15-23(17-38)16-29-34(28)48-36(41-29)25-11-9-24(10-12-25)35(43)40-19-27-20-42(37(44)47-27)32-14-13-26(18-39-32)33-30(45-5)7-6-8-31(33)46-22(3)4/h6-16,18,21-22,27H,19-20H2,1-5H3,(H,40,43). The first kappa shape index (κ1) is 32.1. The average molecular weight is 646 g/mol. The number of anilines is 1. The molecule has 6 rings (SSSR count). The van der Waals surface area contributed by atoms with Crippen LogP contribution in [-0.2, 0) is 4.74 Å². The van der Waals surface area contributed by atoms with Crippen LogP contribution in [0.2, 0.25) is 0 Å². The number of hydrogen-bond acceptors (Lipinski definition) is 9. The largest absolute Gasteiger partial charge is 0.496 e. The van der Waals surface area contributed by atoms with Crippen molar-refractivity contribution in [2.24, 2.45) is 0 Å². The molecule has 0 saturated carbocycles. The van der Waals surface area contributed by atoms with E-state index in [0.29, 0.717) is 51.0 Å². The van der Waals surface area contributed by atoms with Crippen molar-refractivity contribution in [1.82, 2.24) is 15.3 Å². The molecule has 3 aromatic carbocycles. The van der Waals surface area contributed by atoms with Crippen molar-refractivity contribution in [2.45, 2.75) is 45.8 Å². The number of fused-ring (bicyclic) bond motifs is 1. The Balaban J connectivity index is 1.09. The number of nitrogens with zero attached hydrogens (tertiary/aromatic N) is 4.